The molecule has 1 fully saturated rings. The quantitative estimate of drug-likeness (QED) is 0.753. The van der Waals surface area contributed by atoms with Crippen LogP contribution in [0.3, 0.4) is 0 Å². The number of hydrogen-bond donors (Lipinski definition) is 1. The molecule has 2 aromatic rings. The van der Waals surface area contributed by atoms with Crippen molar-refractivity contribution in [2.75, 3.05) is 26.2 Å². The van der Waals surface area contributed by atoms with Crippen LogP contribution in [0, 0.1) is 0 Å². The number of hydrogen-bond acceptors (Lipinski definition) is 3. The first-order valence-corrected chi connectivity index (χ1v) is 9.59. The number of likely N-dealkylation sites (tertiary alicyclic amines) is 1. The lowest BCUT2D eigenvalue weighted by molar-refractivity contribution is -0.137. The van der Waals surface area contributed by atoms with E-state index in [-0.39, 0.29) is 24.2 Å². The topological polar surface area (TPSA) is 49.8 Å². The Morgan fingerprint density at radius 3 is 2.50 bits per heavy atom. The molecule has 4 nitrogen and oxygen atoms in total. The van der Waals surface area contributed by atoms with E-state index in [4.69, 9.17) is 9.84 Å². The smallest absolute Gasteiger partial charge is 0.304 e. The van der Waals surface area contributed by atoms with Crippen molar-refractivity contribution in [3.05, 3.63) is 65.2 Å². The van der Waals surface area contributed by atoms with E-state index in [1.165, 1.54) is 11.1 Å². The second-order valence-corrected chi connectivity index (χ2v) is 7.55. The summed E-state index contributed by atoms with van der Waals surface area (Å²) in [4.78, 5) is 13.0. The van der Waals surface area contributed by atoms with E-state index >= 15 is 0 Å². The van der Waals surface area contributed by atoms with Crippen LogP contribution in [-0.2, 0) is 10.2 Å². The summed E-state index contributed by atoms with van der Waals surface area (Å²) in [5.41, 5.74) is 3.74. The predicted molar refractivity (Wildman–Crippen MR) is 114 cm³/mol. The highest BCUT2D eigenvalue weighted by atomic mass is 35.5. The highest BCUT2D eigenvalue weighted by molar-refractivity contribution is 5.85. The Balaban J connectivity index is 0.00000225. The molecule has 0 saturated carbocycles. The van der Waals surface area contributed by atoms with Gasteiger partial charge in [0.2, 0.25) is 0 Å². The maximum Gasteiger partial charge on any atom is 0.304 e. The van der Waals surface area contributed by atoms with Gasteiger partial charge < -0.3 is 14.7 Å². The molecule has 0 bridgehead atoms. The second-order valence-electron chi connectivity index (χ2n) is 7.55. The third kappa shape index (κ3) is 4.40. The molecule has 0 unspecified atom stereocenters. The minimum Gasteiger partial charge on any atom is -0.492 e. The van der Waals surface area contributed by atoms with Gasteiger partial charge in [-0.2, -0.15) is 0 Å². The number of aliphatic carboxylic acids is 1. The molecule has 28 heavy (non-hydrogen) atoms. The molecule has 0 aliphatic carbocycles. The van der Waals surface area contributed by atoms with Gasteiger partial charge in [0, 0.05) is 17.5 Å². The molecule has 2 heterocycles. The molecule has 1 N–H and O–H groups in total. The fourth-order valence-corrected chi connectivity index (χ4v) is 4.12. The molecular formula is C23H26ClNO3. The van der Waals surface area contributed by atoms with Gasteiger partial charge in [-0.3, -0.25) is 4.79 Å². The van der Waals surface area contributed by atoms with E-state index in [2.05, 4.69) is 47.4 Å². The van der Waals surface area contributed by atoms with E-state index in [1.54, 1.807) is 0 Å². The molecule has 0 aromatic heterocycles. The number of ether oxygens (including phenoxy) is 1. The van der Waals surface area contributed by atoms with E-state index in [0.29, 0.717) is 6.54 Å². The van der Waals surface area contributed by atoms with Crippen molar-refractivity contribution in [2.24, 2.45) is 0 Å². The summed E-state index contributed by atoms with van der Waals surface area (Å²) >= 11 is 0. The zero-order valence-corrected chi connectivity index (χ0v) is 16.7. The molecule has 148 valence electrons. The molecule has 2 aliphatic rings. The molecule has 2 aromatic carbocycles. The molecule has 0 amide bonds. The summed E-state index contributed by atoms with van der Waals surface area (Å²) in [6.07, 6.45) is 6.51. The summed E-state index contributed by atoms with van der Waals surface area (Å²) in [6, 6.07) is 16.8. The van der Waals surface area contributed by atoms with Crippen molar-refractivity contribution >= 4 is 30.5 Å². The van der Waals surface area contributed by atoms with Crippen LogP contribution >= 0.6 is 12.4 Å². The average molecular weight is 400 g/mol. The van der Waals surface area contributed by atoms with Gasteiger partial charge in [0.15, 0.2) is 0 Å². The number of carboxylic acids is 1. The van der Waals surface area contributed by atoms with Gasteiger partial charge in [0.05, 0.1) is 13.0 Å². The largest absolute Gasteiger partial charge is 0.492 e. The Labute approximate surface area is 172 Å². The Kier molecular flexibility index (Phi) is 6.42. The molecule has 1 spiro atoms. The highest BCUT2D eigenvalue weighted by Gasteiger charge is 2.42. The van der Waals surface area contributed by atoms with Gasteiger partial charge in [0.1, 0.15) is 5.75 Å². The van der Waals surface area contributed by atoms with Crippen molar-refractivity contribution in [2.45, 2.75) is 24.7 Å². The number of nitrogens with zero attached hydrogens (tertiary/aromatic N) is 1. The van der Waals surface area contributed by atoms with Crippen LogP contribution in [0.2, 0.25) is 0 Å². The lowest BCUT2D eigenvalue weighted by Crippen LogP contribution is -2.44. The monoisotopic (exact) mass is 399 g/mol. The van der Waals surface area contributed by atoms with Gasteiger partial charge in [-0.25, -0.2) is 0 Å². The van der Waals surface area contributed by atoms with Crippen molar-refractivity contribution < 1.29 is 14.6 Å². The van der Waals surface area contributed by atoms with Crippen LogP contribution < -0.4 is 4.74 Å². The first-order chi connectivity index (χ1) is 13.1. The van der Waals surface area contributed by atoms with Crippen LogP contribution in [0.5, 0.6) is 5.75 Å². The van der Waals surface area contributed by atoms with E-state index in [1.807, 2.05) is 18.2 Å². The molecule has 2 aliphatic heterocycles. The molecule has 0 atom stereocenters. The number of benzene rings is 2. The fraction of sp³-hybridized carbons (Fsp3) is 0.348. The summed E-state index contributed by atoms with van der Waals surface area (Å²) in [5.74, 6) is 0.283. The lowest BCUT2D eigenvalue weighted by Gasteiger charge is -2.38. The van der Waals surface area contributed by atoms with Crippen molar-refractivity contribution in [3.8, 4) is 5.75 Å². The summed E-state index contributed by atoms with van der Waals surface area (Å²) in [5, 5.41) is 8.87. The van der Waals surface area contributed by atoms with Crippen LogP contribution in [0.1, 0.15) is 36.0 Å². The zero-order chi connectivity index (χ0) is 18.7. The SMILES string of the molecule is Cl.O=C(O)CCN1CCC2(CC1)COc1cc(C=Cc3ccccc3)ccc12. The van der Waals surface area contributed by atoms with Gasteiger partial charge in [0.25, 0.3) is 0 Å². The average Bonchev–Trinajstić information content (AvgIpc) is 3.04. The highest BCUT2D eigenvalue weighted by Crippen LogP contribution is 2.45. The number of carbonyl (C=O) groups is 1. The fourth-order valence-electron chi connectivity index (χ4n) is 4.12. The molecule has 5 heteroatoms. The normalized spacial score (nSPS) is 17.9. The minimum absolute atomic E-state index is 0. The second kappa shape index (κ2) is 8.80. The summed E-state index contributed by atoms with van der Waals surface area (Å²) < 4.78 is 6.07. The minimum atomic E-state index is -0.721. The third-order valence-electron chi connectivity index (χ3n) is 5.80. The van der Waals surface area contributed by atoms with E-state index in [9.17, 15) is 4.79 Å². The number of halogens is 1. The van der Waals surface area contributed by atoms with E-state index < -0.39 is 5.97 Å². The zero-order valence-electron chi connectivity index (χ0n) is 15.8. The standard InChI is InChI=1S/C23H25NO3.ClH/c25-22(26)10-13-24-14-11-23(12-15-24)17-27-21-16-19(8-9-20(21)23)7-6-18-4-2-1-3-5-18;/h1-9,16H,10-15,17H2,(H,25,26);1H. The van der Waals surface area contributed by atoms with Gasteiger partial charge >= 0.3 is 5.97 Å². The maximum atomic E-state index is 10.8. The predicted octanol–water partition coefficient (Wildman–Crippen LogP) is 4.48. The number of carboxylic acid groups (broad SMARTS) is 1. The van der Waals surface area contributed by atoms with E-state index in [0.717, 1.165) is 43.9 Å². The van der Waals surface area contributed by atoms with Crippen LogP contribution in [0.4, 0.5) is 0 Å². The van der Waals surface area contributed by atoms with Gasteiger partial charge in [-0.05, 0) is 43.1 Å². The molecule has 4 rings (SSSR count). The lowest BCUT2D eigenvalue weighted by atomic mass is 9.74. The molecular weight excluding hydrogens is 374 g/mol. The maximum absolute atomic E-state index is 10.8. The molecule has 0 radical (unpaired) electrons. The van der Waals surface area contributed by atoms with Crippen molar-refractivity contribution in [1.82, 2.24) is 4.90 Å². The van der Waals surface area contributed by atoms with Crippen LogP contribution in [0.15, 0.2) is 48.5 Å². The summed E-state index contributed by atoms with van der Waals surface area (Å²) in [7, 11) is 0. The van der Waals surface area contributed by atoms with Crippen molar-refractivity contribution in [3.63, 3.8) is 0 Å². The number of piperidine rings is 1. The van der Waals surface area contributed by atoms with Crippen LogP contribution in [-0.4, -0.2) is 42.2 Å². The third-order valence-corrected chi connectivity index (χ3v) is 5.80. The van der Waals surface area contributed by atoms with Gasteiger partial charge in [-0.15, -0.1) is 12.4 Å². The van der Waals surface area contributed by atoms with Crippen molar-refractivity contribution in [1.29, 1.82) is 0 Å². The first kappa shape index (κ1) is 20.4. The Bertz CT molecular complexity index is 842. The Morgan fingerprint density at radius 2 is 1.79 bits per heavy atom. The first-order valence-electron chi connectivity index (χ1n) is 9.59. The number of fused-ring (bicyclic) bond motifs is 2. The summed E-state index contributed by atoms with van der Waals surface area (Å²) in [6.45, 7) is 3.25. The Morgan fingerprint density at radius 1 is 1.07 bits per heavy atom. The van der Waals surface area contributed by atoms with Gasteiger partial charge in [-0.1, -0.05) is 54.6 Å². The van der Waals surface area contributed by atoms with Crippen LogP contribution in [0.25, 0.3) is 12.2 Å². The molecule has 1 saturated heterocycles. The number of rotatable bonds is 5. The Hall–Kier alpha value is -2.30.